The van der Waals surface area contributed by atoms with Crippen molar-refractivity contribution < 1.29 is 56.5 Å². The molecule has 0 amide bonds. The summed E-state index contributed by atoms with van der Waals surface area (Å²) < 4.78 is 66.5. The van der Waals surface area contributed by atoms with Gasteiger partial charge in [-0.15, -0.1) is 0 Å². The lowest BCUT2D eigenvalue weighted by Crippen LogP contribution is -2.27. The van der Waals surface area contributed by atoms with Gasteiger partial charge in [-0.1, -0.05) is 84.0 Å². The first-order valence-electron chi connectivity index (χ1n) is 21.1. The fourth-order valence-electron chi connectivity index (χ4n) is 4.93. The molecule has 0 aliphatic rings. The molecule has 0 bridgehead atoms. The SMILES string of the molecule is CCCCCCCCCCCCCCCOCCOCCOCCOCCOCCOCCOCCOCCOCCOCCOCCO[Si](C)(C)C. The van der Waals surface area contributed by atoms with Gasteiger partial charge < -0.3 is 56.5 Å². The zero-order valence-electron chi connectivity index (χ0n) is 34.9. The van der Waals surface area contributed by atoms with Crippen LogP contribution in [0, 0.1) is 0 Å². The Kier molecular flexibility index (Phi) is 45.9. The van der Waals surface area contributed by atoms with Crippen LogP contribution in [0.3, 0.4) is 0 Å². The normalized spacial score (nSPS) is 12.0. The van der Waals surface area contributed by atoms with Crippen molar-refractivity contribution in [3.8, 4) is 0 Å². The molecule has 53 heavy (non-hydrogen) atoms. The molecule has 0 N–H and O–H groups in total. The van der Waals surface area contributed by atoms with Crippen molar-refractivity contribution >= 4 is 8.32 Å². The van der Waals surface area contributed by atoms with Crippen LogP contribution in [0.15, 0.2) is 0 Å². The molecule has 320 valence electrons. The van der Waals surface area contributed by atoms with Crippen LogP contribution in [0.25, 0.3) is 0 Å². The van der Waals surface area contributed by atoms with Gasteiger partial charge in [0.1, 0.15) is 0 Å². The molecule has 0 heterocycles. The van der Waals surface area contributed by atoms with E-state index in [-0.39, 0.29) is 0 Å². The van der Waals surface area contributed by atoms with E-state index in [9.17, 15) is 0 Å². The Bertz CT molecular complexity index is 660. The molecule has 0 rings (SSSR count). The van der Waals surface area contributed by atoms with Crippen molar-refractivity contribution in [3.63, 3.8) is 0 Å². The molecule has 0 fully saturated rings. The van der Waals surface area contributed by atoms with Gasteiger partial charge in [0.25, 0.3) is 0 Å². The Morgan fingerprint density at radius 1 is 0.226 bits per heavy atom. The molecule has 0 atom stereocenters. The highest BCUT2D eigenvalue weighted by molar-refractivity contribution is 6.69. The van der Waals surface area contributed by atoms with E-state index in [4.69, 9.17) is 56.5 Å². The van der Waals surface area contributed by atoms with Crippen molar-refractivity contribution in [1.29, 1.82) is 0 Å². The molecule has 0 unspecified atom stereocenters. The van der Waals surface area contributed by atoms with E-state index in [1.807, 2.05) is 0 Å². The van der Waals surface area contributed by atoms with Crippen LogP contribution in [0.5, 0.6) is 0 Å². The second-order valence-electron chi connectivity index (χ2n) is 13.9. The average Bonchev–Trinajstić information content (AvgIpc) is 3.14. The van der Waals surface area contributed by atoms with Gasteiger partial charge in [0.05, 0.1) is 145 Å². The molecule has 0 aliphatic carbocycles. The van der Waals surface area contributed by atoms with E-state index in [1.165, 1.54) is 77.0 Å². The van der Waals surface area contributed by atoms with Crippen molar-refractivity contribution in [3.05, 3.63) is 0 Å². The van der Waals surface area contributed by atoms with E-state index in [0.29, 0.717) is 145 Å². The summed E-state index contributed by atoms with van der Waals surface area (Å²) in [5.41, 5.74) is 0. The standard InChI is InChI=1S/C40H84O12Si/c1-5-6-7-8-9-10-11-12-13-14-15-16-17-18-41-19-20-42-21-22-43-23-24-44-25-26-45-27-28-46-29-30-47-31-32-48-33-34-49-35-36-50-37-38-51-39-40-52-53(2,3)4/h5-40H2,1-4H3. The van der Waals surface area contributed by atoms with Crippen LogP contribution in [0.1, 0.15) is 90.4 Å². The van der Waals surface area contributed by atoms with Gasteiger partial charge in [-0.2, -0.15) is 0 Å². The minimum Gasteiger partial charge on any atom is -0.415 e. The fourth-order valence-corrected chi connectivity index (χ4v) is 5.63. The second kappa shape index (κ2) is 46.1. The smallest absolute Gasteiger partial charge is 0.183 e. The highest BCUT2D eigenvalue weighted by atomic mass is 28.4. The fraction of sp³-hybridized carbons (Fsp3) is 1.00. The number of hydrogen-bond donors (Lipinski definition) is 0. The monoisotopic (exact) mass is 785 g/mol. The van der Waals surface area contributed by atoms with E-state index in [0.717, 1.165) is 13.0 Å². The van der Waals surface area contributed by atoms with Crippen molar-refractivity contribution in [1.82, 2.24) is 0 Å². The highest BCUT2D eigenvalue weighted by Crippen LogP contribution is 2.12. The molecule has 12 nitrogen and oxygen atoms in total. The maximum absolute atomic E-state index is 5.73. The lowest BCUT2D eigenvalue weighted by Gasteiger charge is -2.16. The minimum atomic E-state index is -1.45. The Hall–Kier alpha value is -0.263. The van der Waals surface area contributed by atoms with Gasteiger partial charge in [-0.3, -0.25) is 0 Å². The van der Waals surface area contributed by atoms with Gasteiger partial charge in [0.15, 0.2) is 8.32 Å². The third-order valence-corrected chi connectivity index (χ3v) is 8.95. The molecule has 0 saturated heterocycles. The van der Waals surface area contributed by atoms with Gasteiger partial charge >= 0.3 is 0 Å². The summed E-state index contributed by atoms with van der Waals surface area (Å²) in [6, 6.07) is 0. The van der Waals surface area contributed by atoms with Gasteiger partial charge in [0, 0.05) is 6.61 Å². The lowest BCUT2D eigenvalue weighted by atomic mass is 10.0. The highest BCUT2D eigenvalue weighted by Gasteiger charge is 2.13. The molecule has 0 radical (unpaired) electrons. The first-order valence-corrected chi connectivity index (χ1v) is 24.5. The number of hydrogen-bond acceptors (Lipinski definition) is 12. The molecule has 0 aromatic heterocycles. The topological polar surface area (TPSA) is 111 Å². The maximum atomic E-state index is 5.73. The number of unbranched alkanes of at least 4 members (excludes halogenated alkanes) is 12. The van der Waals surface area contributed by atoms with Crippen molar-refractivity contribution in [2.24, 2.45) is 0 Å². The summed E-state index contributed by atoms with van der Waals surface area (Å²) in [6.45, 7) is 21.8. The Labute approximate surface area is 326 Å². The molecule has 0 aliphatic heterocycles. The largest absolute Gasteiger partial charge is 0.415 e. The van der Waals surface area contributed by atoms with E-state index in [2.05, 4.69) is 26.6 Å². The Morgan fingerprint density at radius 2 is 0.415 bits per heavy atom. The molecule has 0 aromatic rings. The average molecular weight is 785 g/mol. The molecular weight excluding hydrogens is 701 g/mol. The van der Waals surface area contributed by atoms with Crippen LogP contribution in [0.4, 0.5) is 0 Å². The van der Waals surface area contributed by atoms with Gasteiger partial charge in [0.2, 0.25) is 0 Å². The van der Waals surface area contributed by atoms with Crippen molar-refractivity contribution in [2.75, 3.05) is 152 Å². The van der Waals surface area contributed by atoms with Crippen molar-refractivity contribution in [2.45, 2.75) is 110 Å². The third kappa shape index (κ3) is 51.7. The quantitative estimate of drug-likeness (QED) is 0.0463. The molecule has 0 saturated carbocycles. The first kappa shape index (κ1) is 52.7. The second-order valence-corrected chi connectivity index (χ2v) is 18.5. The van der Waals surface area contributed by atoms with Gasteiger partial charge in [-0.05, 0) is 26.1 Å². The zero-order valence-corrected chi connectivity index (χ0v) is 35.9. The molecule has 13 heteroatoms. The predicted molar refractivity (Wildman–Crippen MR) is 214 cm³/mol. The van der Waals surface area contributed by atoms with E-state index < -0.39 is 8.32 Å². The zero-order chi connectivity index (χ0) is 38.4. The van der Waals surface area contributed by atoms with Crippen LogP contribution < -0.4 is 0 Å². The number of rotatable bonds is 48. The van der Waals surface area contributed by atoms with Gasteiger partial charge in [-0.25, -0.2) is 0 Å². The predicted octanol–water partition coefficient (Wildman–Crippen LogP) is 7.11. The maximum Gasteiger partial charge on any atom is 0.183 e. The molecule has 0 spiro atoms. The summed E-state index contributed by atoms with van der Waals surface area (Å²) in [5.74, 6) is 0. The lowest BCUT2D eigenvalue weighted by molar-refractivity contribution is -0.0277. The summed E-state index contributed by atoms with van der Waals surface area (Å²) >= 11 is 0. The van der Waals surface area contributed by atoms with Crippen LogP contribution in [0.2, 0.25) is 19.6 Å². The molecular formula is C40H84O12Si. The Morgan fingerprint density at radius 3 is 0.642 bits per heavy atom. The summed E-state index contributed by atoms with van der Waals surface area (Å²) in [7, 11) is -1.45. The van der Waals surface area contributed by atoms with Crippen LogP contribution >= 0.6 is 0 Å². The van der Waals surface area contributed by atoms with Crippen LogP contribution in [-0.2, 0) is 56.5 Å². The van der Waals surface area contributed by atoms with Crippen LogP contribution in [-0.4, -0.2) is 160 Å². The Balaban J connectivity index is 3.06. The number of ether oxygens (including phenoxy) is 11. The summed E-state index contributed by atoms with van der Waals surface area (Å²) in [5, 5.41) is 0. The van der Waals surface area contributed by atoms with E-state index >= 15 is 0 Å². The van der Waals surface area contributed by atoms with E-state index in [1.54, 1.807) is 0 Å². The molecule has 0 aromatic carbocycles. The first-order chi connectivity index (χ1) is 26.1. The third-order valence-electron chi connectivity index (χ3n) is 7.88. The summed E-state index contributed by atoms with van der Waals surface area (Å²) in [4.78, 5) is 0. The minimum absolute atomic E-state index is 0.522. The summed E-state index contributed by atoms with van der Waals surface area (Å²) in [6.07, 6.45) is 17.8.